The van der Waals surface area contributed by atoms with Crippen molar-refractivity contribution in [1.29, 1.82) is 0 Å². The summed E-state index contributed by atoms with van der Waals surface area (Å²) < 4.78 is 0. The van der Waals surface area contributed by atoms with Crippen LogP contribution in [0.5, 0.6) is 0 Å². The van der Waals surface area contributed by atoms with Crippen molar-refractivity contribution < 1.29 is 5.11 Å². The Morgan fingerprint density at radius 3 is 2.30 bits per heavy atom. The molecule has 2 atom stereocenters. The van der Waals surface area contributed by atoms with E-state index < -0.39 is 0 Å². The summed E-state index contributed by atoms with van der Waals surface area (Å²) in [6.07, 6.45) is 2.48. The zero-order valence-corrected chi connectivity index (χ0v) is 7.22. The maximum atomic E-state index is 8.92. The largest absolute Gasteiger partial charge is 0.396 e. The predicted octanol–water partition coefficient (Wildman–Crippen LogP) is 2.05. The Hall–Kier alpha value is -0.0400. The van der Waals surface area contributed by atoms with Crippen LogP contribution < -0.4 is 0 Å². The summed E-state index contributed by atoms with van der Waals surface area (Å²) in [5.74, 6) is 1.35. The van der Waals surface area contributed by atoms with E-state index in [2.05, 4.69) is 20.8 Å². The van der Waals surface area contributed by atoms with Crippen molar-refractivity contribution in [3.63, 3.8) is 0 Å². The smallest absolute Gasteiger partial charge is 0.0464 e. The van der Waals surface area contributed by atoms with E-state index in [0.29, 0.717) is 17.9 Å². The molecule has 0 aromatic heterocycles. The minimum atomic E-state index is 0.395. The van der Waals surface area contributed by atoms with Crippen LogP contribution in [-0.4, -0.2) is 11.7 Å². The summed E-state index contributed by atoms with van der Waals surface area (Å²) in [6.45, 7) is 7.15. The van der Waals surface area contributed by atoms with E-state index in [9.17, 15) is 0 Å². The highest BCUT2D eigenvalue weighted by molar-refractivity contribution is 5.02. The molecular formula is C9H18O. The summed E-state index contributed by atoms with van der Waals surface area (Å²) >= 11 is 0. The standard InChI is InChI=1S/C9H18O/c1-4-9(7(2)3)5-8(9)6-10/h7-8,10H,4-6H2,1-3H3. The lowest BCUT2D eigenvalue weighted by molar-refractivity contribution is 0.219. The van der Waals surface area contributed by atoms with Crippen LogP contribution in [0.1, 0.15) is 33.6 Å². The third kappa shape index (κ3) is 0.968. The van der Waals surface area contributed by atoms with E-state index in [1.54, 1.807) is 0 Å². The Balaban J connectivity index is 2.50. The minimum absolute atomic E-state index is 0.395. The van der Waals surface area contributed by atoms with Crippen molar-refractivity contribution in [3.8, 4) is 0 Å². The van der Waals surface area contributed by atoms with E-state index in [-0.39, 0.29) is 0 Å². The second-order valence-corrected chi connectivity index (χ2v) is 3.83. The van der Waals surface area contributed by atoms with Gasteiger partial charge in [0, 0.05) is 6.61 Å². The molecule has 1 nitrogen and oxygen atoms in total. The average Bonchev–Trinajstić information content (AvgIpc) is 2.62. The van der Waals surface area contributed by atoms with Crippen molar-refractivity contribution in [2.45, 2.75) is 33.6 Å². The highest BCUT2D eigenvalue weighted by Crippen LogP contribution is 2.59. The first-order valence-electron chi connectivity index (χ1n) is 4.28. The Morgan fingerprint density at radius 2 is 2.20 bits per heavy atom. The number of aliphatic hydroxyl groups is 1. The molecule has 0 spiro atoms. The minimum Gasteiger partial charge on any atom is -0.396 e. The Labute approximate surface area is 63.4 Å². The van der Waals surface area contributed by atoms with Crippen LogP contribution >= 0.6 is 0 Å². The molecule has 0 heterocycles. The summed E-state index contributed by atoms with van der Waals surface area (Å²) in [5, 5.41) is 8.92. The number of aliphatic hydroxyl groups excluding tert-OH is 1. The quantitative estimate of drug-likeness (QED) is 0.639. The first kappa shape index (κ1) is 8.06. The molecule has 1 heteroatoms. The van der Waals surface area contributed by atoms with E-state index in [1.807, 2.05) is 0 Å². The fourth-order valence-corrected chi connectivity index (χ4v) is 2.19. The molecule has 10 heavy (non-hydrogen) atoms. The normalized spacial score (nSPS) is 38.7. The van der Waals surface area contributed by atoms with Gasteiger partial charge >= 0.3 is 0 Å². The van der Waals surface area contributed by atoms with Crippen LogP contribution in [0.2, 0.25) is 0 Å². The van der Waals surface area contributed by atoms with Gasteiger partial charge in [-0.25, -0.2) is 0 Å². The van der Waals surface area contributed by atoms with Crippen molar-refractivity contribution in [2.75, 3.05) is 6.61 Å². The Kier molecular flexibility index (Phi) is 2.04. The maximum Gasteiger partial charge on any atom is 0.0464 e. The molecule has 1 aliphatic rings. The molecule has 1 fully saturated rings. The van der Waals surface area contributed by atoms with E-state index >= 15 is 0 Å². The molecule has 2 unspecified atom stereocenters. The first-order chi connectivity index (χ1) is 4.67. The van der Waals surface area contributed by atoms with Gasteiger partial charge in [0.15, 0.2) is 0 Å². The molecule has 0 saturated heterocycles. The summed E-state index contributed by atoms with van der Waals surface area (Å²) in [5.41, 5.74) is 0.509. The van der Waals surface area contributed by atoms with Crippen LogP contribution in [-0.2, 0) is 0 Å². The Morgan fingerprint density at radius 1 is 1.60 bits per heavy atom. The zero-order chi connectivity index (χ0) is 7.78. The molecule has 0 aliphatic heterocycles. The number of rotatable bonds is 3. The lowest BCUT2D eigenvalue weighted by Gasteiger charge is -2.18. The van der Waals surface area contributed by atoms with Gasteiger partial charge in [0.05, 0.1) is 0 Å². The third-order valence-electron chi connectivity index (χ3n) is 3.31. The summed E-state index contributed by atoms with van der Waals surface area (Å²) in [6, 6.07) is 0. The molecular weight excluding hydrogens is 124 g/mol. The van der Waals surface area contributed by atoms with Crippen molar-refractivity contribution in [3.05, 3.63) is 0 Å². The van der Waals surface area contributed by atoms with Crippen LogP contribution in [0.15, 0.2) is 0 Å². The fraction of sp³-hybridized carbons (Fsp3) is 1.00. The predicted molar refractivity (Wildman–Crippen MR) is 42.8 cm³/mol. The lowest BCUT2D eigenvalue weighted by atomic mass is 9.87. The molecule has 0 radical (unpaired) electrons. The Bertz CT molecular complexity index is 120. The van der Waals surface area contributed by atoms with Gasteiger partial charge in [0.2, 0.25) is 0 Å². The number of hydrogen-bond acceptors (Lipinski definition) is 1. The van der Waals surface area contributed by atoms with Gasteiger partial charge in [-0.15, -0.1) is 0 Å². The van der Waals surface area contributed by atoms with E-state index in [0.717, 1.165) is 5.92 Å². The van der Waals surface area contributed by atoms with Gasteiger partial charge in [-0.2, -0.15) is 0 Å². The van der Waals surface area contributed by atoms with Crippen molar-refractivity contribution >= 4 is 0 Å². The molecule has 0 bridgehead atoms. The van der Waals surface area contributed by atoms with Crippen LogP contribution in [0.4, 0.5) is 0 Å². The van der Waals surface area contributed by atoms with Crippen molar-refractivity contribution in [2.24, 2.45) is 17.3 Å². The second-order valence-electron chi connectivity index (χ2n) is 3.83. The fourth-order valence-electron chi connectivity index (χ4n) is 2.19. The van der Waals surface area contributed by atoms with Crippen LogP contribution in [0.25, 0.3) is 0 Å². The average molecular weight is 142 g/mol. The zero-order valence-electron chi connectivity index (χ0n) is 7.22. The lowest BCUT2D eigenvalue weighted by Crippen LogP contribution is -2.12. The van der Waals surface area contributed by atoms with E-state index in [4.69, 9.17) is 5.11 Å². The van der Waals surface area contributed by atoms with Gasteiger partial charge in [-0.1, -0.05) is 20.8 Å². The van der Waals surface area contributed by atoms with Gasteiger partial charge in [-0.3, -0.25) is 0 Å². The maximum absolute atomic E-state index is 8.92. The van der Waals surface area contributed by atoms with E-state index in [1.165, 1.54) is 12.8 Å². The molecule has 1 rings (SSSR count). The van der Waals surface area contributed by atoms with Crippen molar-refractivity contribution in [1.82, 2.24) is 0 Å². The van der Waals surface area contributed by atoms with Gasteiger partial charge in [0.1, 0.15) is 0 Å². The highest BCUT2D eigenvalue weighted by Gasteiger charge is 2.53. The molecule has 60 valence electrons. The highest BCUT2D eigenvalue weighted by atomic mass is 16.3. The molecule has 1 N–H and O–H groups in total. The van der Waals surface area contributed by atoms with Crippen LogP contribution in [0, 0.1) is 17.3 Å². The first-order valence-corrected chi connectivity index (χ1v) is 4.28. The summed E-state index contributed by atoms with van der Waals surface area (Å²) in [4.78, 5) is 0. The van der Waals surface area contributed by atoms with Crippen LogP contribution in [0.3, 0.4) is 0 Å². The molecule has 0 amide bonds. The summed E-state index contributed by atoms with van der Waals surface area (Å²) in [7, 11) is 0. The third-order valence-corrected chi connectivity index (χ3v) is 3.31. The topological polar surface area (TPSA) is 20.2 Å². The number of hydrogen-bond donors (Lipinski definition) is 1. The molecule has 0 aromatic carbocycles. The molecule has 1 aliphatic carbocycles. The molecule has 0 aromatic rings. The van der Waals surface area contributed by atoms with Gasteiger partial charge < -0.3 is 5.11 Å². The van der Waals surface area contributed by atoms with Gasteiger partial charge in [-0.05, 0) is 30.1 Å². The SMILES string of the molecule is CCC1(C(C)C)CC1CO. The molecule has 1 saturated carbocycles. The monoisotopic (exact) mass is 142 g/mol. The second kappa shape index (κ2) is 2.54. The van der Waals surface area contributed by atoms with Gasteiger partial charge in [0.25, 0.3) is 0 Å².